The van der Waals surface area contributed by atoms with Gasteiger partial charge in [0.2, 0.25) is 0 Å². The molecule has 0 aliphatic rings. The highest BCUT2D eigenvalue weighted by atomic mass is 79.9. The lowest BCUT2D eigenvalue weighted by molar-refractivity contribution is 0.0592. The fraction of sp³-hybridized carbons (Fsp3) is 0.167. The van der Waals surface area contributed by atoms with Crippen molar-refractivity contribution in [3.05, 3.63) is 82.9 Å². The van der Waals surface area contributed by atoms with E-state index in [4.69, 9.17) is 9.47 Å². The molecule has 4 nitrogen and oxygen atoms in total. The van der Waals surface area contributed by atoms with Crippen LogP contribution in [0.4, 0.5) is 0 Å². The van der Waals surface area contributed by atoms with E-state index in [-0.39, 0.29) is 11.9 Å². The molecule has 0 spiro atoms. The number of hydrogen-bond donors (Lipinski definition) is 0. The Kier molecular flexibility index (Phi) is 7.45. The molecule has 0 saturated heterocycles. The van der Waals surface area contributed by atoms with Crippen molar-refractivity contribution >= 4 is 43.8 Å². The van der Waals surface area contributed by atoms with Crippen LogP contribution in [0.25, 0.3) is 22.3 Å². The summed E-state index contributed by atoms with van der Waals surface area (Å²) in [6, 6.07) is 19.3. The zero-order chi connectivity index (χ0) is 21.7. The van der Waals surface area contributed by atoms with E-state index >= 15 is 0 Å². The van der Waals surface area contributed by atoms with Crippen LogP contribution in [0.15, 0.2) is 60.7 Å². The van der Waals surface area contributed by atoms with Crippen molar-refractivity contribution in [2.24, 2.45) is 0 Å². The molecule has 3 aromatic rings. The van der Waals surface area contributed by atoms with Crippen LogP contribution in [0.5, 0.6) is 0 Å². The van der Waals surface area contributed by atoms with E-state index in [1.54, 1.807) is 12.1 Å². The molecule has 0 heterocycles. The number of hydrogen-bond acceptors (Lipinski definition) is 4. The topological polar surface area (TPSA) is 52.6 Å². The van der Waals surface area contributed by atoms with Crippen LogP contribution < -0.4 is 0 Å². The molecule has 0 atom stereocenters. The van der Waals surface area contributed by atoms with E-state index < -0.39 is 0 Å². The monoisotopic (exact) mass is 530 g/mol. The molecule has 0 N–H and O–H groups in total. The maximum Gasteiger partial charge on any atom is 0.337 e. The third kappa shape index (κ3) is 4.65. The van der Waals surface area contributed by atoms with Crippen molar-refractivity contribution in [3.8, 4) is 22.3 Å². The van der Waals surface area contributed by atoms with Crippen LogP contribution >= 0.6 is 31.9 Å². The van der Waals surface area contributed by atoms with Gasteiger partial charge in [-0.15, -0.1) is 0 Å². The smallest absolute Gasteiger partial charge is 0.337 e. The molecule has 0 radical (unpaired) electrons. The van der Waals surface area contributed by atoms with Crippen molar-refractivity contribution in [1.82, 2.24) is 0 Å². The van der Waals surface area contributed by atoms with Crippen LogP contribution in [0.2, 0.25) is 0 Å². The van der Waals surface area contributed by atoms with E-state index in [1.165, 1.54) is 14.2 Å². The lowest BCUT2D eigenvalue weighted by Gasteiger charge is -2.12. The van der Waals surface area contributed by atoms with Crippen LogP contribution in [0, 0.1) is 0 Å². The van der Waals surface area contributed by atoms with Crippen LogP contribution in [0.3, 0.4) is 0 Å². The number of ether oxygens (including phenoxy) is 2. The summed E-state index contributed by atoms with van der Waals surface area (Å²) >= 11 is 7.02. The largest absolute Gasteiger partial charge is 0.465 e. The first-order valence-electron chi connectivity index (χ1n) is 9.17. The summed E-state index contributed by atoms with van der Waals surface area (Å²) < 4.78 is 9.62. The molecule has 154 valence electrons. The number of carbonyl (C=O) groups is 2. The van der Waals surface area contributed by atoms with Crippen molar-refractivity contribution in [2.75, 3.05) is 14.2 Å². The molecule has 6 heteroatoms. The lowest BCUT2D eigenvalue weighted by atomic mass is 9.94. The summed E-state index contributed by atoms with van der Waals surface area (Å²) in [5, 5.41) is 1.25. The fourth-order valence-electron chi connectivity index (χ4n) is 3.29. The highest BCUT2D eigenvalue weighted by Crippen LogP contribution is 2.31. The Bertz CT molecular complexity index is 989. The molecule has 0 aliphatic carbocycles. The van der Waals surface area contributed by atoms with Gasteiger partial charge in [0.05, 0.1) is 25.3 Å². The van der Waals surface area contributed by atoms with E-state index in [0.717, 1.165) is 33.4 Å². The second-order valence-electron chi connectivity index (χ2n) is 6.57. The van der Waals surface area contributed by atoms with Crippen molar-refractivity contribution in [1.29, 1.82) is 0 Å². The molecule has 3 rings (SSSR count). The van der Waals surface area contributed by atoms with Crippen LogP contribution in [0.1, 0.15) is 31.8 Å². The first-order valence-corrected chi connectivity index (χ1v) is 11.4. The Hall–Kier alpha value is -2.44. The summed E-state index contributed by atoms with van der Waals surface area (Å²) in [5.74, 6) is -0.700. The average molecular weight is 532 g/mol. The Morgan fingerprint density at radius 2 is 1.03 bits per heavy atom. The number of esters is 2. The van der Waals surface area contributed by atoms with E-state index in [1.807, 2.05) is 24.3 Å². The van der Waals surface area contributed by atoms with Gasteiger partial charge in [0.25, 0.3) is 0 Å². The van der Waals surface area contributed by atoms with Crippen molar-refractivity contribution < 1.29 is 19.1 Å². The van der Waals surface area contributed by atoms with Gasteiger partial charge < -0.3 is 9.47 Å². The summed E-state index contributed by atoms with van der Waals surface area (Å²) in [5.41, 5.74) is 7.27. The molecule has 0 bridgehead atoms. The molecule has 0 saturated carbocycles. The molecular weight excluding hydrogens is 512 g/mol. The summed E-state index contributed by atoms with van der Waals surface area (Å²) in [4.78, 5) is 23.6. The Labute approximate surface area is 192 Å². The van der Waals surface area contributed by atoms with E-state index in [2.05, 4.69) is 56.1 Å². The minimum atomic E-state index is -0.350. The van der Waals surface area contributed by atoms with E-state index in [9.17, 15) is 9.59 Å². The maximum atomic E-state index is 11.8. The number of carbonyl (C=O) groups excluding carboxylic acids is 2. The number of methoxy groups -OCH3 is 2. The van der Waals surface area contributed by atoms with Gasteiger partial charge in [0.15, 0.2) is 0 Å². The first kappa shape index (κ1) is 22.2. The normalized spacial score (nSPS) is 10.5. The van der Waals surface area contributed by atoms with Gasteiger partial charge in [0, 0.05) is 10.7 Å². The zero-order valence-corrected chi connectivity index (χ0v) is 19.7. The van der Waals surface area contributed by atoms with Crippen LogP contribution in [-0.4, -0.2) is 26.2 Å². The molecule has 0 aromatic heterocycles. The Balaban J connectivity index is 1.96. The van der Waals surface area contributed by atoms with Crippen molar-refractivity contribution in [3.63, 3.8) is 0 Å². The van der Waals surface area contributed by atoms with Gasteiger partial charge in [0.1, 0.15) is 0 Å². The average Bonchev–Trinajstić information content (AvgIpc) is 2.82. The second-order valence-corrected chi connectivity index (χ2v) is 7.69. The summed E-state index contributed by atoms with van der Waals surface area (Å²) in [6.07, 6.45) is 0. The van der Waals surface area contributed by atoms with Gasteiger partial charge in [-0.3, -0.25) is 0 Å². The van der Waals surface area contributed by atoms with Gasteiger partial charge >= 0.3 is 11.9 Å². The van der Waals surface area contributed by atoms with Crippen molar-refractivity contribution in [2.45, 2.75) is 10.7 Å². The lowest BCUT2D eigenvalue weighted by Crippen LogP contribution is -2.02. The quantitative estimate of drug-likeness (QED) is 0.273. The highest BCUT2D eigenvalue weighted by molar-refractivity contribution is 9.08. The molecule has 3 aromatic carbocycles. The third-order valence-electron chi connectivity index (χ3n) is 4.85. The standard InChI is InChI=1S/C24H20Br2O4/c1-29-23(27)17-7-9-21(19(11-17)13-25)15-3-5-16(6-4-15)22-10-8-18(24(28)30-2)12-20(22)14-26/h3-12H,13-14H2,1-2H3. The Morgan fingerprint density at radius 3 is 1.33 bits per heavy atom. The minimum absolute atomic E-state index is 0.350. The molecule has 0 fully saturated rings. The number of alkyl halides is 2. The molecule has 0 amide bonds. The van der Waals surface area contributed by atoms with Gasteiger partial charge in [-0.1, -0.05) is 68.3 Å². The van der Waals surface area contributed by atoms with Gasteiger partial charge in [-0.05, 0) is 57.6 Å². The molecule has 30 heavy (non-hydrogen) atoms. The zero-order valence-electron chi connectivity index (χ0n) is 16.6. The minimum Gasteiger partial charge on any atom is -0.465 e. The number of rotatable bonds is 6. The first-order chi connectivity index (χ1) is 14.5. The summed E-state index contributed by atoms with van der Waals surface area (Å²) in [7, 11) is 2.75. The molecule has 0 unspecified atom stereocenters. The predicted octanol–water partition coefficient (Wildman–Crippen LogP) is 6.38. The summed E-state index contributed by atoms with van der Waals surface area (Å²) in [6.45, 7) is 0. The maximum absolute atomic E-state index is 11.8. The number of benzene rings is 3. The van der Waals surface area contributed by atoms with Crippen LogP contribution in [-0.2, 0) is 20.1 Å². The predicted molar refractivity (Wildman–Crippen MR) is 125 cm³/mol. The third-order valence-corrected chi connectivity index (χ3v) is 6.06. The fourth-order valence-corrected chi connectivity index (χ4v) is 4.22. The van der Waals surface area contributed by atoms with E-state index in [0.29, 0.717) is 21.8 Å². The molecular formula is C24H20Br2O4. The van der Waals surface area contributed by atoms with Gasteiger partial charge in [-0.25, -0.2) is 9.59 Å². The number of halogens is 2. The molecule has 0 aliphatic heterocycles. The highest BCUT2D eigenvalue weighted by Gasteiger charge is 2.13. The van der Waals surface area contributed by atoms with Gasteiger partial charge in [-0.2, -0.15) is 0 Å². The second kappa shape index (κ2) is 10.0. The SMILES string of the molecule is COC(=O)c1ccc(-c2ccc(-c3ccc(C(=O)OC)cc3CBr)cc2)c(CBr)c1. The Morgan fingerprint density at radius 1 is 0.667 bits per heavy atom.